The largest absolute Gasteiger partial charge is 0.335 e. The number of nitrogens with zero attached hydrogens (tertiary/aromatic N) is 3. The van der Waals surface area contributed by atoms with E-state index in [0.717, 1.165) is 39.0 Å². The van der Waals surface area contributed by atoms with E-state index in [9.17, 15) is 4.79 Å². The molecule has 0 unspecified atom stereocenters. The van der Waals surface area contributed by atoms with Crippen molar-refractivity contribution >= 4 is 6.03 Å². The molecule has 4 heteroatoms. The van der Waals surface area contributed by atoms with Gasteiger partial charge < -0.3 is 4.90 Å². The Kier molecular flexibility index (Phi) is 4.45. The fourth-order valence-electron chi connectivity index (χ4n) is 3.08. The van der Waals surface area contributed by atoms with Crippen LogP contribution in [-0.4, -0.2) is 53.7 Å². The number of hydrogen-bond acceptors (Lipinski definition) is 2. The summed E-state index contributed by atoms with van der Waals surface area (Å²) >= 11 is 0. The van der Waals surface area contributed by atoms with Crippen molar-refractivity contribution < 1.29 is 4.79 Å². The Morgan fingerprint density at radius 2 is 1.95 bits per heavy atom. The first-order valence-corrected chi connectivity index (χ1v) is 7.74. The van der Waals surface area contributed by atoms with Gasteiger partial charge in [-0.15, -0.1) is 6.42 Å². The predicted molar refractivity (Wildman–Crippen MR) is 86.9 cm³/mol. The maximum absolute atomic E-state index is 12.4. The molecule has 0 radical (unpaired) electrons. The van der Waals surface area contributed by atoms with E-state index in [1.807, 2.05) is 11.1 Å². The first-order valence-electron chi connectivity index (χ1n) is 7.74. The summed E-state index contributed by atoms with van der Waals surface area (Å²) in [5, 5.41) is 4.02. The van der Waals surface area contributed by atoms with Crippen LogP contribution in [0.4, 0.5) is 4.79 Å². The van der Waals surface area contributed by atoms with Crippen molar-refractivity contribution in [3.63, 3.8) is 0 Å². The maximum atomic E-state index is 12.4. The number of rotatable bonds is 4. The highest BCUT2D eigenvalue weighted by molar-refractivity contribution is 5.76. The van der Waals surface area contributed by atoms with Gasteiger partial charge in [0.15, 0.2) is 0 Å². The van der Waals surface area contributed by atoms with Crippen LogP contribution in [0.15, 0.2) is 42.0 Å². The number of carbonyl (C=O) groups is 1. The van der Waals surface area contributed by atoms with Crippen LogP contribution in [0.2, 0.25) is 0 Å². The molecule has 1 aromatic carbocycles. The van der Waals surface area contributed by atoms with Crippen molar-refractivity contribution in [3.05, 3.63) is 47.5 Å². The molecule has 0 spiro atoms. The number of hydrogen-bond donors (Lipinski definition) is 0. The Balaban J connectivity index is 1.62. The summed E-state index contributed by atoms with van der Waals surface area (Å²) in [7, 11) is 0. The summed E-state index contributed by atoms with van der Waals surface area (Å²) in [6.07, 6.45) is 9.57. The lowest BCUT2D eigenvalue weighted by atomic mass is 10.0. The lowest BCUT2D eigenvalue weighted by molar-refractivity contribution is 0.0347. The summed E-state index contributed by atoms with van der Waals surface area (Å²) in [5.74, 6) is 2.55. The van der Waals surface area contributed by atoms with Crippen LogP contribution in [0.25, 0.3) is 0 Å². The number of hydrazine groups is 1. The average Bonchev–Trinajstić information content (AvgIpc) is 2.90. The van der Waals surface area contributed by atoms with E-state index in [2.05, 4.69) is 41.3 Å². The molecule has 22 heavy (non-hydrogen) atoms. The van der Waals surface area contributed by atoms with Crippen LogP contribution < -0.4 is 0 Å². The van der Waals surface area contributed by atoms with E-state index in [0.29, 0.717) is 6.54 Å². The van der Waals surface area contributed by atoms with Crippen molar-refractivity contribution in [1.29, 1.82) is 0 Å². The first kappa shape index (κ1) is 14.7. The Hall–Kier alpha value is -2.25. The molecular weight excluding hydrogens is 274 g/mol. The quantitative estimate of drug-likeness (QED) is 0.628. The minimum atomic E-state index is 0.0407. The fourth-order valence-corrected chi connectivity index (χ4v) is 3.08. The Labute approximate surface area is 132 Å². The van der Waals surface area contributed by atoms with Gasteiger partial charge in [0.2, 0.25) is 0 Å². The van der Waals surface area contributed by atoms with E-state index in [1.165, 1.54) is 11.1 Å². The van der Waals surface area contributed by atoms with E-state index in [1.54, 1.807) is 4.90 Å². The van der Waals surface area contributed by atoms with Gasteiger partial charge in [-0.3, -0.25) is 5.01 Å². The monoisotopic (exact) mass is 295 g/mol. The first-order chi connectivity index (χ1) is 10.8. The highest BCUT2D eigenvalue weighted by atomic mass is 16.2. The van der Waals surface area contributed by atoms with Gasteiger partial charge in [-0.1, -0.05) is 47.9 Å². The van der Waals surface area contributed by atoms with Crippen molar-refractivity contribution in [2.75, 3.05) is 32.7 Å². The summed E-state index contributed by atoms with van der Waals surface area (Å²) < 4.78 is 0. The third kappa shape index (κ3) is 3.15. The standard InChI is InChI=1S/C18H21N3O/c1-2-10-19-12-13-21(18(19)22)20-11-6-9-17(15-20)14-16-7-4-3-5-8-16/h1,3-5,7-9H,6,10-15H2. The Bertz CT molecular complexity index is 603. The second-order valence-corrected chi connectivity index (χ2v) is 5.73. The van der Waals surface area contributed by atoms with Gasteiger partial charge >= 0.3 is 6.03 Å². The van der Waals surface area contributed by atoms with E-state index in [4.69, 9.17) is 6.42 Å². The summed E-state index contributed by atoms with van der Waals surface area (Å²) in [6, 6.07) is 10.5. The highest BCUT2D eigenvalue weighted by Gasteiger charge is 2.32. The topological polar surface area (TPSA) is 26.8 Å². The molecular formula is C18H21N3O. The van der Waals surface area contributed by atoms with Crippen molar-refractivity contribution in [2.45, 2.75) is 12.8 Å². The Morgan fingerprint density at radius 1 is 1.14 bits per heavy atom. The zero-order chi connectivity index (χ0) is 15.4. The molecule has 0 bridgehead atoms. The van der Waals surface area contributed by atoms with Crippen LogP contribution in [0.5, 0.6) is 0 Å². The van der Waals surface area contributed by atoms with Crippen molar-refractivity contribution in [3.8, 4) is 12.3 Å². The van der Waals surface area contributed by atoms with Gasteiger partial charge in [0.25, 0.3) is 0 Å². The summed E-state index contributed by atoms with van der Waals surface area (Å²) in [6.45, 7) is 3.57. The second-order valence-electron chi connectivity index (χ2n) is 5.73. The van der Waals surface area contributed by atoms with Crippen LogP contribution in [0.3, 0.4) is 0 Å². The van der Waals surface area contributed by atoms with Gasteiger partial charge in [0, 0.05) is 19.6 Å². The SMILES string of the molecule is C#CCN1CCN(N2CCC=C(Cc3ccccc3)C2)C1=O. The van der Waals surface area contributed by atoms with Gasteiger partial charge in [0.05, 0.1) is 13.1 Å². The molecule has 1 aromatic rings. The molecule has 0 saturated carbocycles. The zero-order valence-electron chi connectivity index (χ0n) is 12.7. The molecule has 2 aliphatic rings. The molecule has 2 amide bonds. The highest BCUT2D eigenvalue weighted by Crippen LogP contribution is 2.19. The van der Waals surface area contributed by atoms with Crippen LogP contribution in [0, 0.1) is 12.3 Å². The lowest BCUT2D eigenvalue weighted by Crippen LogP contribution is -2.47. The molecule has 0 N–H and O–H groups in total. The molecule has 1 fully saturated rings. The molecule has 114 valence electrons. The number of amides is 2. The van der Waals surface area contributed by atoms with Crippen molar-refractivity contribution in [1.82, 2.24) is 14.9 Å². The minimum absolute atomic E-state index is 0.0407. The van der Waals surface area contributed by atoms with E-state index >= 15 is 0 Å². The van der Waals surface area contributed by atoms with E-state index < -0.39 is 0 Å². The number of urea groups is 1. The molecule has 4 nitrogen and oxygen atoms in total. The van der Waals surface area contributed by atoms with Crippen LogP contribution in [0.1, 0.15) is 12.0 Å². The number of terminal acetylenes is 1. The summed E-state index contributed by atoms with van der Waals surface area (Å²) in [4.78, 5) is 14.1. The second kappa shape index (κ2) is 6.67. The molecule has 1 saturated heterocycles. The molecule has 3 rings (SSSR count). The third-order valence-electron chi connectivity index (χ3n) is 4.18. The molecule has 0 aromatic heterocycles. The molecule has 0 aliphatic carbocycles. The average molecular weight is 295 g/mol. The van der Waals surface area contributed by atoms with E-state index in [-0.39, 0.29) is 6.03 Å². The summed E-state index contributed by atoms with van der Waals surface area (Å²) in [5.41, 5.74) is 2.69. The fraction of sp³-hybridized carbons (Fsp3) is 0.389. The lowest BCUT2D eigenvalue weighted by Gasteiger charge is -2.34. The molecule has 2 heterocycles. The third-order valence-corrected chi connectivity index (χ3v) is 4.18. The van der Waals surface area contributed by atoms with Crippen molar-refractivity contribution in [2.24, 2.45) is 0 Å². The zero-order valence-corrected chi connectivity index (χ0v) is 12.7. The van der Waals surface area contributed by atoms with Gasteiger partial charge in [-0.05, 0) is 18.4 Å². The molecule has 0 atom stereocenters. The maximum Gasteiger partial charge on any atom is 0.335 e. The van der Waals surface area contributed by atoms with Crippen LogP contribution in [-0.2, 0) is 6.42 Å². The molecule has 2 aliphatic heterocycles. The van der Waals surface area contributed by atoms with Gasteiger partial charge in [-0.25, -0.2) is 9.80 Å². The normalized spacial score (nSPS) is 19.2. The van der Waals surface area contributed by atoms with Gasteiger partial charge in [-0.2, -0.15) is 0 Å². The minimum Gasteiger partial charge on any atom is -0.311 e. The number of benzene rings is 1. The van der Waals surface area contributed by atoms with Gasteiger partial charge in [0.1, 0.15) is 0 Å². The van der Waals surface area contributed by atoms with Crippen LogP contribution >= 0.6 is 0 Å². The smallest absolute Gasteiger partial charge is 0.311 e. The Morgan fingerprint density at radius 3 is 2.73 bits per heavy atom. The number of carbonyl (C=O) groups excluding carboxylic acids is 1. The predicted octanol–water partition coefficient (Wildman–Crippen LogP) is 2.15.